The number of carbonyl (C=O) groups excluding carboxylic acids is 1. The van der Waals surface area contributed by atoms with Gasteiger partial charge in [0.2, 0.25) is 5.03 Å². The van der Waals surface area contributed by atoms with E-state index in [1.54, 1.807) is 32.2 Å². The van der Waals surface area contributed by atoms with Gasteiger partial charge in [0.05, 0.1) is 5.56 Å². The first-order valence-electron chi connectivity index (χ1n) is 10.3. The Morgan fingerprint density at radius 3 is 2.39 bits per heavy atom. The van der Waals surface area contributed by atoms with Crippen LogP contribution < -0.4 is 10.2 Å². The number of aromatic nitrogens is 2. The fraction of sp³-hybridized carbons (Fsp3) is 0.273. The number of anilines is 2. The maximum absolute atomic E-state index is 13.8. The van der Waals surface area contributed by atoms with Crippen molar-refractivity contribution in [2.45, 2.75) is 11.9 Å². The molecular weight excluding hydrogens is 469 g/mol. The summed E-state index contributed by atoms with van der Waals surface area (Å²) >= 11 is 5.94. The predicted molar refractivity (Wildman–Crippen MR) is 125 cm³/mol. The van der Waals surface area contributed by atoms with Gasteiger partial charge in [-0.15, -0.1) is 0 Å². The lowest BCUT2D eigenvalue weighted by Gasteiger charge is -2.35. The standard InChI is InChI=1S/C22H23ClFN5O3S/c1-15-3-6-17(13-20(15)24)25-21(30)19-14-27(2)26-22(19)33(31,32)29-11-9-28(10-12-29)18-7-4-16(23)5-8-18/h3-8,13-14H,9-12H2,1-2H3,(H,25,30). The molecule has 174 valence electrons. The van der Waals surface area contributed by atoms with Gasteiger partial charge in [-0.2, -0.15) is 9.40 Å². The Labute approximate surface area is 196 Å². The predicted octanol–water partition coefficient (Wildman–Crippen LogP) is 3.28. The number of amides is 1. The molecule has 1 aliphatic rings. The Balaban J connectivity index is 1.52. The molecule has 1 amide bonds. The SMILES string of the molecule is Cc1ccc(NC(=O)c2cn(C)nc2S(=O)(=O)N2CCN(c3ccc(Cl)cc3)CC2)cc1F. The Bertz CT molecular complexity index is 1290. The van der Waals surface area contributed by atoms with E-state index in [0.29, 0.717) is 23.7 Å². The summed E-state index contributed by atoms with van der Waals surface area (Å²) in [6.45, 7) is 3.06. The second kappa shape index (κ2) is 9.12. The summed E-state index contributed by atoms with van der Waals surface area (Å²) in [5.41, 5.74) is 1.53. The maximum atomic E-state index is 13.8. The van der Waals surface area contributed by atoms with Crippen LogP contribution in [0, 0.1) is 12.7 Å². The minimum atomic E-state index is -4.02. The summed E-state index contributed by atoms with van der Waals surface area (Å²) in [4.78, 5) is 14.9. The van der Waals surface area contributed by atoms with Crippen molar-refractivity contribution in [1.82, 2.24) is 14.1 Å². The molecule has 1 aliphatic heterocycles. The van der Waals surface area contributed by atoms with Crippen LogP contribution in [-0.4, -0.2) is 54.6 Å². The van der Waals surface area contributed by atoms with Crippen molar-refractivity contribution in [1.29, 1.82) is 0 Å². The molecule has 8 nitrogen and oxygen atoms in total. The summed E-state index contributed by atoms with van der Waals surface area (Å²) in [5.74, 6) is -1.14. The van der Waals surface area contributed by atoms with Gasteiger partial charge in [0.1, 0.15) is 5.82 Å². The van der Waals surface area contributed by atoms with Crippen molar-refractivity contribution in [3.8, 4) is 0 Å². The van der Waals surface area contributed by atoms with Crippen LogP contribution in [0.5, 0.6) is 0 Å². The van der Waals surface area contributed by atoms with E-state index in [9.17, 15) is 17.6 Å². The molecule has 0 atom stereocenters. The number of nitrogens with one attached hydrogen (secondary N) is 1. The molecule has 1 fully saturated rings. The van der Waals surface area contributed by atoms with E-state index in [4.69, 9.17) is 11.6 Å². The first-order chi connectivity index (χ1) is 15.6. The minimum Gasteiger partial charge on any atom is -0.369 e. The monoisotopic (exact) mass is 491 g/mol. The lowest BCUT2D eigenvalue weighted by Crippen LogP contribution is -2.49. The number of sulfonamides is 1. The highest BCUT2D eigenvalue weighted by molar-refractivity contribution is 7.89. The Kier molecular flexibility index (Phi) is 6.42. The summed E-state index contributed by atoms with van der Waals surface area (Å²) in [7, 11) is -2.48. The first kappa shape index (κ1) is 23.2. The molecule has 1 N–H and O–H groups in total. The Morgan fingerprint density at radius 1 is 1.09 bits per heavy atom. The average molecular weight is 492 g/mol. The number of piperazine rings is 1. The molecule has 33 heavy (non-hydrogen) atoms. The Hall–Kier alpha value is -2.95. The molecule has 0 aliphatic carbocycles. The molecule has 0 radical (unpaired) electrons. The number of aryl methyl sites for hydroxylation is 2. The minimum absolute atomic E-state index is 0.0985. The zero-order chi connectivity index (χ0) is 23.8. The molecule has 4 rings (SSSR count). The highest BCUT2D eigenvalue weighted by atomic mass is 35.5. The van der Waals surface area contributed by atoms with Crippen molar-refractivity contribution in [2.24, 2.45) is 7.05 Å². The van der Waals surface area contributed by atoms with E-state index in [0.717, 1.165) is 5.69 Å². The van der Waals surface area contributed by atoms with Gasteiger partial charge >= 0.3 is 0 Å². The second-order valence-corrected chi connectivity index (χ2v) is 10.1. The lowest BCUT2D eigenvalue weighted by atomic mass is 10.2. The molecule has 1 aromatic heterocycles. The van der Waals surface area contributed by atoms with Crippen molar-refractivity contribution in [3.05, 3.63) is 70.6 Å². The summed E-state index contributed by atoms with van der Waals surface area (Å²) in [6, 6.07) is 11.6. The fourth-order valence-electron chi connectivity index (χ4n) is 3.64. The average Bonchev–Trinajstić information content (AvgIpc) is 3.20. The molecule has 0 bridgehead atoms. The zero-order valence-corrected chi connectivity index (χ0v) is 19.7. The number of nitrogens with zero attached hydrogens (tertiary/aromatic N) is 4. The Morgan fingerprint density at radius 2 is 1.76 bits per heavy atom. The fourth-order valence-corrected chi connectivity index (χ4v) is 5.31. The van der Waals surface area contributed by atoms with Crippen LogP contribution in [0.25, 0.3) is 0 Å². The summed E-state index contributed by atoms with van der Waals surface area (Å²) in [5, 5.41) is 6.93. The smallest absolute Gasteiger partial charge is 0.263 e. The highest BCUT2D eigenvalue weighted by Crippen LogP contribution is 2.24. The number of rotatable bonds is 5. The largest absolute Gasteiger partial charge is 0.369 e. The highest BCUT2D eigenvalue weighted by Gasteiger charge is 2.34. The molecule has 1 saturated heterocycles. The van der Waals surface area contributed by atoms with Crippen LogP contribution in [-0.2, 0) is 17.1 Å². The van der Waals surface area contributed by atoms with Gasteiger partial charge in [0.15, 0.2) is 0 Å². The number of halogens is 2. The van der Waals surface area contributed by atoms with Crippen LogP contribution in [0.3, 0.4) is 0 Å². The van der Waals surface area contributed by atoms with Crippen LogP contribution >= 0.6 is 11.6 Å². The summed E-state index contributed by atoms with van der Waals surface area (Å²) < 4.78 is 43.1. The third-order valence-electron chi connectivity index (χ3n) is 5.48. The molecule has 0 unspecified atom stereocenters. The molecule has 3 aromatic rings. The number of hydrogen-bond donors (Lipinski definition) is 1. The third kappa shape index (κ3) is 4.87. The van der Waals surface area contributed by atoms with Gasteiger partial charge in [0.25, 0.3) is 15.9 Å². The van der Waals surface area contributed by atoms with E-state index in [-0.39, 0.29) is 29.4 Å². The van der Waals surface area contributed by atoms with Gasteiger partial charge in [-0.05, 0) is 48.9 Å². The van der Waals surface area contributed by atoms with E-state index < -0.39 is 21.7 Å². The van der Waals surface area contributed by atoms with Gasteiger partial charge < -0.3 is 10.2 Å². The van der Waals surface area contributed by atoms with E-state index in [2.05, 4.69) is 15.3 Å². The van der Waals surface area contributed by atoms with Gasteiger partial charge in [-0.3, -0.25) is 9.48 Å². The maximum Gasteiger partial charge on any atom is 0.263 e. The van der Waals surface area contributed by atoms with Crippen LogP contribution in [0.4, 0.5) is 15.8 Å². The van der Waals surface area contributed by atoms with Gasteiger partial charge in [0, 0.05) is 55.8 Å². The van der Waals surface area contributed by atoms with Crippen LogP contribution in [0.1, 0.15) is 15.9 Å². The molecule has 0 spiro atoms. The molecule has 11 heteroatoms. The van der Waals surface area contributed by atoms with Crippen molar-refractivity contribution < 1.29 is 17.6 Å². The lowest BCUT2D eigenvalue weighted by molar-refractivity contribution is 0.102. The molecular formula is C22H23ClFN5O3S. The number of benzene rings is 2. The van der Waals surface area contributed by atoms with E-state index in [1.807, 2.05) is 12.1 Å². The first-order valence-corrected chi connectivity index (χ1v) is 12.1. The van der Waals surface area contributed by atoms with Crippen molar-refractivity contribution in [3.63, 3.8) is 0 Å². The normalized spacial score (nSPS) is 15.0. The van der Waals surface area contributed by atoms with Crippen molar-refractivity contribution >= 4 is 38.9 Å². The van der Waals surface area contributed by atoms with Crippen LogP contribution in [0.15, 0.2) is 53.7 Å². The van der Waals surface area contributed by atoms with Crippen molar-refractivity contribution in [2.75, 3.05) is 36.4 Å². The summed E-state index contributed by atoms with van der Waals surface area (Å²) in [6.07, 6.45) is 1.34. The topological polar surface area (TPSA) is 87.5 Å². The quantitative estimate of drug-likeness (QED) is 0.591. The number of hydrogen-bond acceptors (Lipinski definition) is 5. The van der Waals surface area contributed by atoms with Crippen LogP contribution in [0.2, 0.25) is 5.02 Å². The number of carbonyl (C=O) groups is 1. The zero-order valence-electron chi connectivity index (χ0n) is 18.1. The molecule has 0 saturated carbocycles. The van der Waals surface area contributed by atoms with E-state index >= 15 is 0 Å². The third-order valence-corrected chi connectivity index (χ3v) is 7.57. The molecule has 2 heterocycles. The molecule has 2 aromatic carbocycles. The second-order valence-electron chi connectivity index (χ2n) is 7.81. The van der Waals surface area contributed by atoms with Gasteiger partial charge in [-0.1, -0.05) is 17.7 Å². The van der Waals surface area contributed by atoms with E-state index in [1.165, 1.54) is 27.3 Å². The van der Waals surface area contributed by atoms with Gasteiger partial charge in [-0.25, -0.2) is 12.8 Å².